The van der Waals surface area contributed by atoms with Crippen LogP contribution in [0.25, 0.3) is 0 Å². The van der Waals surface area contributed by atoms with Crippen molar-refractivity contribution in [1.29, 1.82) is 0 Å². The molecule has 4 nitrogen and oxygen atoms in total. The Bertz CT molecular complexity index is 592. The number of piperidine rings is 1. The first-order chi connectivity index (χ1) is 11.7. The smallest absolute Gasteiger partial charge is 0.230 e. The van der Waals surface area contributed by atoms with Crippen LogP contribution in [0.5, 0.6) is 0 Å². The third-order valence-corrected chi connectivity index (χ3v) is 6.32. The predicted octanol–water partition coefficient (Wildman–Crippen LogP) is 2.11. The van der Waals surface area contributed by atoms with E-state index in [0.717, 1.165) is 58.3 Å². The second-order valence-electron chi connectivity index (χ2n) is 7.72. The molecule has 0 bridgehead atoms. The Hall–Kier alpha value is -1.39. The van der Waals surface area contributed by atoms with Gasteiger partial charge in [0.25, 0.3) is 0 Å². The Labute approximate surface area is 144 Å². The topological polar surface area (TPSA) is 32.8 Å². The van der Waals surface area contributed by atoms with Crippen LogP contribution in [0, 0.1) is 5.41 Å². The molecule has 130 valence electrons. The van der Waals surface area contributed by atoms with Crippen molar-refractivity contribution in [3.05, 3.63) is 35.4 Å². The number of hydrogen-bond donors (Lipinski definition) is 0. The summed E-state index contributed by atoms with van der Waals surface area (Å²) in [5.41, 5.74) is 2.88. The van der Waals surface area contributed by atoms with Gasteiger partial charge in [0.15, 0.2) is 0 Å². The molecule has 0 aromatic heterocycles. The fourth-order valence-corrected chi connectivity index (χ4v) is 4.96. The number of carbonyl (C=O) groups excluding carboxylic acids is 1. The summed E-state index contributed by atoms with van der Waals surface area (Å²) in [6.07, 6.45) is 5.52. The molecule has 0 N–H and O–H groups in total. The highest BCUT2D eigenvalue weighted by atomic mass is 16.5. The van der Waals surface area contributed by atoms with Crippen LogP contribution in [-0.4, -0.2) is 61.6 Å². The molecule has 24 heavy (non-hydrogen) atoms. The number of fused-ring (bicyclic) bond motifs is 1. The second-order valence-corrected chi connectivity index (χ2v) is 7.72. The molecule has 1 aromatic carbocycles. The molecule has 0 saturated carbocycles. The van der Waals surface area contributed by atoms with Crippen LogP contribution < -0.4 is 0 Å². The highest BCUT2D eigenvalue weighted by Gasteiger charge is 2.49. The van der Waals surface area contributed by atoms with Gasteiger partial charge in [0.2, 0.25) is 5.91 Å². The molecule has 2 fully saturated rings. The molecule has 3 aliphatic rings. The normalized spacial score (nSPS) is 28.0. The fourth-order valence-electron chi connectivity index (χ4n) is 4.96. The molecule has 0 radical (unpaired) electrons. The van der Waals surface area contributed by atoms with Crippen molar-refractivity contribution in [3.63, 3.8) is 0 Å². The van der Waals surface area contributed by atoms with Crippen LogP contribution in [0.4, 0.5) is 0 Å². The zero-order valence-electron chi connectivity index (χ0n) is 14.7. The summed E-state index contributed by atoms with van der Waals surface area (Å²) in [7, 11) is 1.71. The van der Waals surface area contributed by atoms with Gasteiger partial charge in [-0.3, -0.25) is 9.69 Å². The molecule has 2 heterocycles. The van der Waals surface area contributed by atoms with Crippen LogP contribution in [0.1, 0.15) is 30.4 Å². The molecule has 1 unspecified atom stereocenters. The Balaban J connectivity index is 1.43. The van der Waals surface area contributed by atoms with Gasteiger partial charge in [0, 0.05) is 32.8 Å². The van der Waals surface area contributed by atoms with E-state index < -0.39 is 0 Å². The molecule has 4 rings (SSSR count). The Morgan fingerprint density at radius 2 is 1.92 bits per heavy atom. The molecule has 1 amide bonds. The molecular weight excluding hydrogens is 300 g/mol. The van der Waals surface area contributed by atoms with E-state index in [9.17, 15) is 4.79 Å². The van der Waals surface area contributed by atoms with Crippen LogP contribution in [0.3, 0.4) is 0 Å². The van der Waals surface area contributed by atoms with Crippen molar-refractivity contribution < 1.29 is 9.53 Å². The van der Waals surface area contributed by atoms with E-state index in [1.165, 1.54) is 11.1 Å². The van der Waals surface area contributed by atoms with E-state index in [1.807, 2.05) is 4.90 Å². The van der Waals surface area contributed by atoms with E-state index in [0.29, 0.717) is 18.6 Å². The molecule has 1 spiro atoms. The quantitative estimate of drug-likeness (QED) is 0.849. The summed E-state index contributed by atoms with van der Waals surface area (Å²) in [5.74, 6) is 0.379. The van der Waals surface area contributed by atoms with Crippen molar-refractivity contribution in [1.82, 2.24) is 9.80 Å². The van der Waals surface area contributed by atoms with Gasteiger partial charge < -0.3 is 9.64 Å². The van der Waals surface area contributed by atoms with Gasteiger partial charge in [-0.25, -0.2) is 0 Å². The van der Waals surface area contributed by atoms with Crippen LogP contribution in [0.2, 0.25) is 0 Å². The fraction of sp³-hybridized carbons (Fsp3) is 0.650. The number of methoxy groups -OCH3 is 1. The van der Waals surface area contributed by atoms with Crippen molar-refractivity contribution in [3.8, 4) is 0 Å². The molecule has 1 aliphatic carbocycles. The molecular formula is C20H28N2O2. The third kappa shape index (κ3) is 2.76. The highest BCUT2D eigenvalue weighted by molar-refractivity contribution is 5.84. The minimum Gasteiger partial charge on any atom is -0.383 e. The number of ether oxygens (including phenoxy) is 1. The molecule has 2 aliphatic heterocycles. The summed E-state index contributed by atoms with van der Waals surface area (Å²) in [5, 5.41) is 0. The van der Waals surface area contributed by atoms with Crippen LogP contribution >= 0.6 is 0 Å². The van der Waals surface area contributed by atoms with Gasteiger partial charge in [-0.05, 0) is 49.8 Å². The summed E-state index contributed by atoms with van der Waals surface area (Å²) in [6, 6.07) is 9.40. The van der Waals surface area contributed by atoms with Gasteiger partial charge in [0.1, 0.15) is 0 Å². The first-order valence-corrected chi connectivity index (χ1v) is 9.31. The number of nitrogens with zero attached hydrogens (tertiary/aromatic N) is 2. The Morgan fingerprint density at radius 3 is 2.62 bits per heavy atom. The molecule has 2 saturated heterocycles. The summed E-state index contributed by atoms with van der Waals surface area (Å²) >= 11 is 0. The Morgan fingerprint density at radius 1 is 1.17 bits per heavy atom. The monoisotopic (exact) mass is 328 g/mol. The lowest BCUT2D eigenvalue weighted by atomic mass is 9.78. The molecule has 1 aromatic rings. The molecule has 1 atom stereocenters. The number of benzene rings is 1. The van der Waals surface area contributed by atoms with Gasteiger partial charge >= 0.3 is 0 Å². The SMILES string of the molecule is COCCN1CCCC2(CCN(C3Cc4ccccc4C3)C2)C1=O. The lowest BCUT2D eigenvalue weighted by molar-refractivity contribution is -0.146. The van der Waals surface area contributed by atoms with Crippen molar-refractivity contribution in [2.45, 2.75) is 38.1 Å². The maximum absolute atomic E-state index is 13.1. The van der Waals surface area contributed by atoms with Gasteiger partial charge in [0.05, 0.1) is 12.0 Å². The van der Waals surface area contributed by atoms with E-state index >= 15 is 0 Å². The van der Waals surface area contributed by atoms with Crippen LogP contribution in [-0.2, 0) is 22.4 Å². The van der Waals surface area contributed by atoms with Crippen molar-refractivity contribution in [2.75, 3.05) is 39.9 Å². The third-order valence-electron chi connectivity index (χ3n) is 6.32. The number of carbonyl (C=O) groups is 1. The number of likely N-dealkylation sites (tertiary alicyclic amines) is 2. The minimum atomic E-state index is -0.124. The van der Waals surface area contributed by atoms with Crippen LogP contribution in [0.15, 0.2) is 24.3 Å². The van der Waals surface area contributed by atoms with Gasteiger partial charge in [-0.1, -0.05) is 24.3 Å². The van der Waals surface area contributed by atoms with E-state index in [1.54, 1.807) is 7.11 Å². The lowest BCUT2D eigenvalue weighted by Crippen LogP contribution is -2.51. The first-order valence-electron chi connectivity index (χ1n) is 9.31. The zero-order valence-corrected chi connectivity index (χ0v) is 14.7. The number of hydrogen-bond acceptors (Lipinski definition) is 3. The minimum absolute atomic E-state index is 0.124. The van der Waals surface area contributed by atoms with Gasteiger partial charge in [-0.2, -0.15) is 0 Å². The maximum atomic E-state index is 13.1. The van der Waals surface area contributed by atoms with Crippen molar-refractivity contribution in [2.24, 2.45) is 5.41 Å². The predicted molar refractivity (Wildman–Crippen MR) is 94.0 cm³/mol. The highest BCUT2D eigenvalue weighted by Crippen LogP contribution is 2.42. The van der Waals surface area contributed by atoms with Gasteiger partial charge in [-0.15, -0.1) is 0 Å². The summed E-state index contributed by atoms with van der Waals surface area (Å²) in [4.78, 5) is 17.7. The summed E-state index contributed by atoms with van der Waals surface area (Å²) in [6.45, 7) is 4.31. The largest absolute Gasteiger partial charge is 0.383 e. The Kier molecular flexibility index (Phi) is 4.35. The van der Waals surface area contributed by atoms with E-state index in [-0.39, 0.29) is 5.41 Å². The average Bonchev–Trinajstić information content (AvgIpc) is 3.21. The zero-order chi connectivity index (χ0) is 16.6. The lowest BCUT2D eigenvalue weighted by Gasteiger charge is -2.39. The second kappa shape index (κ2) is 6.49. The van der Waals surface area contributed by atoms with E-state index in [4.69, 9.17) is 4.74 Å². The maximum Gasteiger partial charge on any atom is 0.230 e. The summed E-state index contributed by atoms with van der Waals surface area (Å²) < 4.78 is 5.18. The van der Waals surface area contributed by atoms with Crippen molar-refractivity contribution >= 4 is 5.91 Å². The molecule has 4 heteroatoms. The standard InChI is InChI=1S/C20H28N2O2/c1-24-12-11-21-9-4-7-20(19(21)23)8-10-22(15-20)18-13-16-5-2-3-6-17(16)14-18/h2-3,5-6,18H,4,7-15H2,1H3. The average molecular weight is 328 g/mol. The number of amides is 1. The number of rotatable bonds is 4. The first kappa shape index (κ1) is 16.1. The van der Waals surface area contributed by atoms with E-state index in [2.05, 4.69) is 29.2 Å².